The van der Waals surface area contributed by atoms with Crippen molar-refractivity contribution in [3.8, 4) is 5.75 Å². The second-order valence-corrected chi connectivity index (χ2v) is 9.10. The molecule has 0 atom stereocenters. The predicted octanol–water partition coefficient (Wildman–Crippen LogP) is 4.07. The zero-order valence-electron chi connectivity index (χ0n) is 15.4. The quantitative estimate of drug-likeness (QED) is 0.306. The lowest BCUT2D eigenvalue weighted by Gasteiger charge is -2.15. The van der Waals surface area contributed by atoms with Crippen LogP contribution in [0.25, 0.3) is 21.7 Å². The van der Waals surface area contributed by atoms with E-state index in [1.54, 1.807) is 48.5 Å². The van der Waals surface area contributed by atoms with Gasteiger partial charge in [-0.15, -0.1) is 11.8 Å². The molecule has 0 fully saturated rings. The second-order valence-electron chi connectivity index (χ2n) is 6.44. The van der Waals surface area contributed by atoms with Crippen LogP contribution < -0.4 is 4.72 Å². The van der Waals surface area contributed by atoms with E-state index in [0.29, 0.717) is 21.7 Å². The molecule has 1 heterocycles. The number of pyridine rings is 1. The third-order valence-corrected chi connectivity index (χ3v) is 6.87. The van der Waals surface area contributed by atoms with Gasteiger partial charge in [-0.25, -0.2) is 8.42 Å². The van der Waals surface area contributed by atoms with Gasteiger partial charge in [0.1, 0.15) is 10.6 Å². The number of aromatic nitrogens is 1. The summed E-state index contributed by atoms with van der Waals surface area (Å²) in [7, 11) is -4.01. The summed E-state index contributed by atoms with van der Waals surface area (Å²) in [6, 6.07) is 16.6. The van der Waals surface area contributed by atoms with E-state index >= 15 is 0 Å². The summed E-state index contributed by atoms with van der Waals surface area (Å²) >= 11 is 0.912. The molecule has 0 unspecified atom stereocenters. The van der Waals surface area contributed by atoms with Crippen LogP contribution in [0.3, 0.4) is 0 Å². The van der Waals surface area contributed by atoms with Crippen molar-refractivity contribution in [2.75, 3.05) is 10.5 Å². The molecule has 0 aliphatic heterocycles. The molecule has 3 aromatic carbocycles. The van der Waals surface area contributed by atoms with Gasteiger partial charge in [0.05, 0.1) is 21.9 Å². The fourth-order valence-corrected chi connectivity index (χ4v) is 5.14. The first-order valence-electron chi connectivity index (χ1n) is 8.83. The Morgan fingerprint density at radius 1 is 1.03 bits per heavy atom. The summed E-state index contributed by atoms with van der Waals surface area (Å²) in [4.78, 5) is 15.4. The van der Waals surface area contributed by atoms with Crippen molar-refractivity contribution in [1.29, 1.82) is 0 Å². The molecule has 9 heteroatoms. The summed E-state index contributed by atoms with van der Waals surface area (Å²) in [5, 5.41) is 21.1. The number of nitrogens with zero attached hydrogens (tertiary/aromatic N) is 1. The predicted molar refractivity (Wildman–Crippen MR) is 117 cm³/mol. The highest BCUT2D eigenvalue weighted by molar-refractivity contribution is 8.00. The maximum atomic E-state index is 13.2. The van der Waals surface area contributed by atoms with Gasteiger partial charge in [0.15, 0.2) is 0 Å². The molecule has 4 aromatic rings. The van der Waals surface area contributed by atoms with Crippen LogP contribution in [0.5, 0.6) is 5.75 Å². The molecule has 0 amide bonds. The Morgan fingerprint density at radius 3 is 2.53 bits per heavy atom. The lowest BCUT2D eigenvalue weighted by Crippen LogP contribution is -2.14. The topological polar surface area (TPSA) is 117 Å². The molecular weight excluding hydrogens is 424 g/mol. The summed E-state index contributed by atoms with van der Waals surface area (Å²) in [6.07, 6.45) is 1.53. The third-order valence-electron chi connectivity index (χ3n) is 4.46. The number of carboxylic acids is 1. The number of aliphatic carboxylic acids is 1. The van der Waals surface area contributed by atoms with Crippen LogP contribution in [0.1, 0.15) is 0 Å². The lowest BCUT2D eigenvalue weighted by molar-refractivity contribution is -0.133. The molecule has 0 aliphatic carbocycles. The van der Waals surface area contributed by atoms with Crippen molar-refractivity contribution in [1.82, 2.24) is 4.98 Å². The SMILES string of the molecule is O=C(O)CSc1cc(NS(=O)(=O)c2cccc3cccnc23)c2ccccc2c1O. The molecule has 3 N–H and O–H groups in total. The van der Waals surface area contributed by atoms with E-state index in [2.05, 4.69) is 9.71 Å². The first-order chi connectivity index (χ1) is 14.4. The lowest BCUT2D eigenvalue weighted by atomic mass is 10.1. The van der Waals surface area contributed by atoms with Crippen LogP contribution >= 0.6 is 11.8 Å². The van der Waals surface area contributed by atoms with Crippen LogP contribution in [0, 0.1) is 0 Å². The number of nitrogens with one attached hydrogen (secondary N) is 1. The molecule has 0 spiro atoms. The highest BCUT2D eigenvalue weighted by atomic mass is 32.2. The average Bonchev–Trinajstić information content (AvgIpc) is 2.74. The molecule has 7 nitrogen and oxygen atoms in total. The van der Waals surface area contributed by atoms with Gasteiger partial charge >= 0.3 is 5.97 Å². The number of benzene rings is 3. The molecule has 152 valence electrons. The summed E-state index contributed by atoms with van der Waals surface area (Å²) < 4.78 is 29.0. The minimum absolute atomic E-state index is 0.0255. The van der Waals surface area contributed by atoms with Crippen molar-refractivity contribution < 1.29 is 23.4 Å². The van der Waals surface area contributed by atoms with E-state index in [0.717, 1.165) is 11.8 Å². The molecule has 0 saturated carbocycles. The van der Waals surface area contributed by atoms with Crippen LogP contribution in [0.4, 0.5) is 5.69 Å². The number of fused-ring (bicyclic) bond motifs is 2. The Labute approximate surface area is 176 Å². The second kappa shape index (κ2) is 7.85. The Kier molecular flexibility index (Phi) is 5.23. The number of para-hydroxylation sites is 1. The number of rotatable bonds is 6. The van der Waals surface area contributed by atoms with Crippen molar-refractivity contribution in [3.63, 3.8) is 0 Å². The van der Waals surface area contributed by atoms with E-state index in [9.17, 15) is 18.3 Å². The van der Waals surface area contributed by atoms with E-state index in [-0.39, 0.29) is 27.0 Å². The number of phenols is 1. The zero-order valence-corrected chi connectivity index (χ0v) is 17.1. The van der Waals surface area contributed by atoms with Crippen LogP contribution in [0.15, 0.2) is 76.7 Å². The van der Waals surface area contributed by atoms with Gasteiger partial charge in [-0.2, -0.15) is 0 Å². The summed E-state index contributed by atoms with van der Waals surface area (Å²) in [5.74, 6) is -1.41. The number of phenolic OH excluding ortho intramolecular Hbond substituents is 1. The van der Waals surface area contributed by atoms with Crippen molar-refractivity contribution in [2.24, 2.45) is 0 Å². The molecule has 1 aromatic heterocycles. The average molecular weight is 441 g/mol. The van der Waals surface area contributed by atoms with Gasteiger partial charge in [-0.1, -0.05) is 42.5 Å². The zero-order chi connectivity index (χ0) is 21.3. The number of carbonyl (C=O) groups is 1. The van der Waals surface area contributed by atoms with Crippen molar-refractivity contribution in [3.05, 3.63) is 66.9 Å². The third kappa shape index (κ3) is 3.77. The molecular formula is C21H16N2O5S2. The number of anilines is 1. The van der Waals surface area contributed by atoms with Gasteiger partial charge < -0.3 is 10.2 Å². The summed E-state index contributed by atoms with van der Waals surface area (Å²) in [6.45, 7) is 0. The van der Waals surface area contributed by atoms with E-state index in [4.69, 9.17) is 5.11 Å². The maximum Gasteiger partial charge on any atom is 0.313 e. The van der Waals surface area contributed by atoms with Crippen LogP contribution in [-0.2, 0) is 14.8 Å². The molecule has 0 radical (unpaired) electrons. The number of aromatic hydroxyl groups is 1. The molecule has 0 aliphatic rings. The van der Waals surface area contributed by atoms with Gasteiger partial charge in [0.2, 0.25) is 0 Å². The van der Waals surface area contributed by atoms with E-state index in [1.165, 1.54) is 18.3 Å². The van der Waals surface area contributed by atoms with Crippen LogP contribution in [-0.4, -0.2) is 35.3 Å². The fourth-order valence-electron chi connectivity index (χ4n) is 3.16. The Hall–Kier alpha value is -3.30. The minimum atomic E-state index is -4.01. The Morgan fingerprint density at radius 2 is 1.77 bits per heavy atom. The monoisotopic (exact) mass is 440 g/mol. The number of hydrogen-bond acceptors (Lipinski definition) is 6. The molecule has 30 heavy (non-hydrogen) atoms. The Balaban J connectivity index is 1.84. The number of carboxylic acid groups (broad SMARTS) is 1. The first kappa shape index (κ1) is 20.0. The van der Waals surface area contributed by atoms with E-state index in [1.807, 2.05) is 0 Å². The molecule has 0 saturated heterocycles. The van der Waals surface area contributed by atoms with Gasteiger partial charge in [-0.3, -0.25) is 14.5 Å². The smallest absolute Gasteiger partial charge is 0.313 e. The normalized spacial score (nSPS) is 11.6. The van der Waals surface area contributed by atoms with Gasteiger partial charge in [0.25, 0.3) is 10.0 Å². The van der Waals surface area contributed by atoms with Gasteiger partial charge in [-0.05, 0) is 18.2 Å². The van der Waals surface area contributed by atoms with Crippen molar-refractivity contribution in [2.45, 2.75) is 9.79 Å². The minimum Gasteiger partial charge on any atom is -0.506 e. The van der Waals surface area contributed by atoms with Crippen molar-refractivity contribution >= 4 is 55.1 Å². The standard InChI is InChI=1S/C21H16N2O5S2/c24-19(25)12-29-17-11-16(14-7-1-2-8-15(14)21(17)26)23-30(27,28)18-9-3-5-13-6-4-10-22-20(13)18/h1-11,23,26H,12H2,(H,24,25). The molecule has 0 bridgehead atoms. The largest absolute Gasteiger partial charge is 0.506 e. The maximum absolute atomic E-state index is 13.2. The number of thioether (sulfide) groups is 1. The summed E-state index contributed by atoms with van der Waals surface area (Å²) in [5.41, 5.74) is 0.584. The fraction of sp³-hybridized carbons (Fsp3) is 0.0476. The highest BCUT2D eigenvalue weighted by Gasteiger charge is 2.21. The van der Waals surface area contributed by atoms with E-state index < -0.39 is 16.0 Å². The Bertz CT molecular complexity index is 1380. The molecule has 4 rings (SSSR count). The van der Waals surface area contributed by atoms with Crippen LogP contribution in [0.2, 0.25) is 0 Å². The number of hydrogen-bond donors (Lipinski definition) is 3. The first-order valence-corrected chi connectivity index (χ1v) is 11.3. The highest BCUT2D eigenvalue weighted by Crippen LogP contribution is 2.40. The number of sulfonamides is 1. The van der Waals surface area contributed by atoms with Gasteiger partial charge in [0, 0.05) is 22.4 Å².